The molecule has 9 aromatic carbocycles. The van der Waals surface area contributed by atoms with Crippen LogP contribution in [0, 0.1) is 17.9 Å². The Labute approximate surface area is 358 Å². The molecule has 0 amide bonds. The zero-order valence-corrected chi connectivity index (χ0v) is 33.4. The first-order valence-corrected chi connectivity index (χ1v) is 21.1. The number of nitrogens with zero attached hydrogens (tertiary/aromatic N) is 4. The van der Waals surface area contributed by atoms with Gasteiger partial charge in [0.05, 0.1) is 39.9 Å². The molecule has 0 radical (unpaired) electrons. The molecule has 4 nitrogen and oxygen atoms in total. The largest absolute Gasteiger partial charge is 0.318 e. The van der Waals surface area contributed by atoms with Crippen molar-refractivity contribution in [3.05, 3.63) is 244 Å². The van der Waals surface area contributed by atoms with Gasteiger partial charge in [0, 0.05) is 44.6 Å². The van der Waals surface area contributed by atoms with Gasteiger partial charge in [-0.25, -0.2) is 4.85 Å². The third kappa shape index (κ3) is 4.48. The van der Waals surface area contributed by atoms with Crippen molar-refractivity contribution in [3.8, 4) is 39.7 Å². The average Bonchev–Trinajstić information content (AvgIpc) is 4.06. The van der Waals surface area contributed by atoms with Crippen LogP contribution in [0.1, 0.15) is 50.8 Å². The minimum absolute atomic E-state index is 0.327. The van der Waals surface area contributed by atoms with Gasteiger partial charge in [0.1, 0.15) is 6.07 Å². The SMILES string of the molecule is [C-]#[N+]c1c(C2c3ccccc3-c3ccccc32)c(-n2c3ccccc3c3ccccc32)c(C2c3ccccc3-c3ccccc32)c(C#N)c1-n1c2ccccc2c2ccccc21. The van der Waals surface area contributed by atoms with Gasteiger partial charge in [-0.15, -0.1) is 0 Å². The molecule has 2 aliphatic rings. The van der Waals surface area contributed by atoms with Gasteiger partial charge in [-0.05, 0) is 74.3 Å². The standard InChI is InChI=1S/C58H34N4/c1-60-56-55(53-45-28-8-4-20-37(45)38-21-5-9-29-46(38)53)58(62-50-32-16-12-24-41(50)42-25-13-17-33-51(42)62)54(52-43-26-6-2-18-35(43)36-19-3-7-27-44(36)52)47(34-59)57(56)61-48-30-14-10-22-39(48)40-23-11-15-31-49(40)61/h2-33,52-53H. The highest BCUT2D eigenvalue weighted by atomic mass is 15.0. The molecule has 0 unspecified atom stereocenters. The van der Waals surface area contributed by atoms with Crippen LogP contribution in [0.25, 0.3) is 82.1 Å². The molecule has 0 aliphatic heterocycles. The van der Waals surface area contributed by atoms with Crippen LogP contribution in [0.5, 0.6) is 0 Å². The number of para-hydroxylation sites is 4. The summed E-state index contributed by atoms with van der Waals surface area (Å²) in [5.41, 5.74) is 17.5. The predicted octanol–water partition coefficient (Wildman–Crippen LogP) is 14.6. The fraction of sp³-hybridized carbons (Fsp3) is 0.0345. The molecule has 0 atom stereocenters. The molecule has 13 rings (SSSR count). The molecule has 0 saturated heterocycles. The highest BCUT2D eigenvalue weighted by Gasteiger charge is 2.42. The molecule has 11 aromatic rings. The highest BCUT2D eigenvalue weighted by Crippen LogP contribution is 2.59. The predicted molar refractivity (Wildman–Crippen MR) is 252 cm³/mol. The topological polar surface area (TPSA) is 38.0 Å². The minimum atomic E-state index is -0.329. The van der Waals surface area contributed by atoms with Crippen molar-refractivity contribution in [2.24, 2.45) is 0 Å². The average molecular weight is 787 g/mol. The zero-order valence-electron chi connectivity index (χ0n) is 33.4. The molecule has 0 bridgehead atoms. The summed E-state index contributed by atoms with van der Waals surface area (Å²) in [6.45, 7) is 9.50. The summed E-state index contributed by atoms with van der Waals surface area (Å²) in [7, 11) is 0. The Morgan fingerprint density at radius 1 is 0.387 bits per heavy atom. The quantitative estimate of drug-likeness (QED) is 0.164. The van der Waals surface area contributed by atoms with Crippen LogP contribution < -0.4 is 0 Å². The van der Waals surface area contributed by atoms with Crippen LogP contribution in [-0.4, -0.2) is 9.13 Å². The zero-order chi connectivity index (χ0) is 41.1. The van der Waals surface area contributed by atoms with Gasteiger partial charge >= 0.3 is 0 Å². The van der Waals surface area contributed by atoms with Gasteiger partial charge in [0.15, 0.2) is 0 Å². The number of benzene rings is 9. The van der Waals surface area contributed by atoms with E-state index in [0.717, 1.165) is 105 Å². The second-order valence-electron chi connectivity index (χ2n) is 16.4. The first-order chi connectivity index (χ1) is 30.8. The molecule has 0 fully saturated rings. The van der Waals surface area contributed by atoms with E-state index in [1.807, 2.05) is 0 Å². The van der Waals surface area contributed by atoms with Gasteiger partial charge in [-0.3, -0.25) is 0 Å². The summed E-state index contributed by atoms with van der Waals surface area (Å²) in [6.07, 6.45) is 0. The highest BCUT2D eigenvalue weighted by molar-refractivity contribution is 6.12. The molecular formula is C58H34N4. The molecule has 286 valence electrons. The van der Waals surface area contributed by atoms with Crippen LogP contribution in [-0.2, 0) is 0 Å². The molecular weight excluding hydrogens is 753 g/mol. The van der Waals surface area contributed by atoms with E-state index in [2.05, 4.69) is 209 Å². The van der Waals surface area contributed by atoms with Crippen LogP contribution in [0.3, 0.4) is 0 Å². The van der Waals surface area contributed by atoms with Crippen molar-refractivity contribution in [3.63, 3.8) is 0 Å². The van der Waals surface area contributed by atoms with Crippen molar-refractivity contribution in [2.45, 2.75) is 11.8 Å². The van der Waals surface area contributed by atoms with Crippen LogP contribution >= 0.6 is 0 Å². The first kappa shape index (κ1) is 34.4. The van der Waals surface area contributed by atoms with E-state index >= 15 is 0 Å². The van der Waals surface area contributed by atoms with Gasteiger partial charge < -0.3 is 9.13 Å². The summed E-state index contributed by atoms with van der Waals surface area (Å²) < 4.78 is 4.62. The van der Waals surface area contributed by atoms with Crippen LogP contribution in [0.15, 0.2) is 194 Å². The van der Waals surface area contributed by atoms with E-state index in [0.29, 0.717) is 16.9 Å². The number of nitriles is 1. The third-order valence-corrected chi connectivity index (χ3v) is 13.6. The maximum absolute atomic E-state index is 12.2. The van der Waals surface area contributed by atoms with Gasteiger partial charge in [0.25, 0.3) is 0 Å². The fourth-order valence-electron chi connectivity index (χ4n) is 11.2. The Morgan fingerprint density at radius 3 is 1.05 bits per heavy atom. The second-order valence-corrected chi connectivity index (χ2v) is 16.4. The smallest absolute Gasteiger partial charge is 0.218 e. The Kier molecular flexibility index (Phi) is 7.23. The van der Waals surface area contributed by atoms with Crippen LogP contribution in [0.2, 0.25) is 0 Å². The minimum Gasteiger partial charge on any atom is -0.318 e. The first-order valence-electron chi connectivity index (χ1n) is 21.1. The van der Waals surface area contributed by atoms with E-state index in [9.17, 15) is 11.8 Å². The molecule has 0 saturated carbocycles. The summed E-state index contributed by atoms with van der Waals surface area (Å²) in [5.74, 6) is -0.657. The van der Waals surface area contributed by atoms with Gasteiger partial charge in [0.2, 0.25) is 5.69 Å². The maximum Gasteiger partial charge on any atom is 0.218 e. The summed E-state index contributed by atoms with van der Waals surface area (Å²) in [5, 5.41) is 16.6. The molecule has 2 heterocycles. The Bertz CT molecular complexity index is 3480. The van der Waals surface area contributed by atoms with Crippen molar-refractivity contribution < 1.29 is 0 Å². The normalized spacial score (nSPS) is 13.0. The lowest BCUT2D eigenvalue weighted by Gasteiger charge is -2.31. The van der Waals surface area contributed by atoms with E-state index in [4.69, 9.17) is 4.85 Å². The van der Waals surface area contributed by atoms with Crippen LogP contribution in [0.4, 0.5) is 5.69 Å². The number of aromatic nitrogens is 2. The lowest BCUT2D eigenvalue weighted by Crippen LogP contribution is -2.17. The van der Waals surface area contributed by atoms with E-state index < -0.39 is 0 Å². The third-order valence-electron chi connectivity index (χ3n) is 13.6. The van der Waals surface area contributed by atoms with E-state index in [1.54, 1.807) is 0 Å². The van der Waals surface area contributed by atoms with Crippen molar-refractivity contribution in [2.75, 3.05) is 0 Å². The number of hydrogen-bond acceptors (Lipinski definition) is 1. The lowest BCUT2D eigenvalue weighted by atomic mass is 9.78. The maximum atomic E-state index is 12.2. The Morgan fingerprint density at radius 2 is 0.694 bits per heavy atom. The van der Waals surface area contributed by atoms with Crippen molar-refractivity contribution in [1.82, 2.24) is 9.13 Å². The Balaban J connectivity index is 1.34. The lowest BCUT2D eigenvalue weighted by molar-refractivity contribution is 0.924. The monoisotopic (exact) mass is 786 g/mol. The number of rotatable bonds is 4. The van der Waals surface area contributed by atoms with Crippen molar-refractivity contribution >= 4 is 49.3 Å². The molecule has 0 spiro atoms. The molecule has 0 N–H and O–H groups in total. The second kappa shape index (κ2) is 13.0. The van der Waals surface area contributed by atoms with Crippen molar-refractivity contribution in [1.29, 1.82) is 5.26 Å². The summed E-state index contributed by atoms with van der Waals surface area (Å²) in [4.78, 5) is 4.69. The molecule has 2 aromatic heterocycles. The molecule has 2 aliphatic carbocycles. The number of hydrogen-bond donors (Lipinski definition) is 0. The van der Waals surface area contributed by atoms with E-state index in [1.165, 1.54) is 0 Å². The van der Waals surface area contributed by atoms with E-state index in [-0.39, 0.29) is 11.8 Å². The summed E-state index contributed by atoms with van der Waals surface area (Å²) in [6, 6.07) is 71.6. The Hall–Kier alpha value is -8.44. The number of fused-ring (bicyclic) bond motifs is 12. The molecule has 62 heavy (non-hydrogen) atoms. The van der Waals surface area contributed by atoms with Gasteiger partial charge in [-0.1, -0.05) is 170 Å². The summed E-state index contributed by atoms with van der Waals surface area (Å²) >= 11 is 0. The fourth-order valence-corrected chi connectivity index (χ4v) is 11.2. The van der Waals surface area contributed by atoms with Gasteiger partial charge in [-0.2, -0.15) is 5.26 Å². The molecule has 4 heteroatoms.